The summed E-state index contributed by atoms with van der Waals surface area (Å²) in [5.41, 5.74) is 1.08. The highest BCUT2D eigenvalue weighted by atomic mass is 16.4. The van der Waals surface area contributed by atoms with Gasteiger partial charge in [0, 0.05) is 12.6 Å². The summed E-state index contributed by atoms with van der Waals surface area (Å²) in [6.45, 7) is 0.611. The summed E-state index contributed by atoms with van der Waals surface area (Å²) < 4.78 is 0. The van der Waals surface area contributed by atoms with Crippen molar-refractivity contribution in [2.45, 2.75) is 31.5 Å². The Hall–Kier alpha value is -1.39. The average Bonchev–Trinajstić information content (AvgIpc) is 2.73. The van der Waals surface area contributed by atoms with Gasteiger partial charge in [0.05, 0.1) is 6.61 Å². The number of benzene rings is 1. The minimum absolute atomic E-state index is 0.0244. The first-order chi connectivity index (χ1) is 8.22. The van der Waals surface area contributed by atoms with Crippen molar-refractivity contribution in [2.75, 3.05) is 6.61 Å². The number of hydrogen-bond acceptors (Lipinski definition) is 3. The van der Waals surface area contributed by atoms with E-state index in [0.29, 0.717) is 13.0 Å². The molecule has 2 unspecified atom stereocenters. The van der Waals surface area contributed by atoms with Crippen molar-refractivity contribution in [3.8, 4) is 0 Å². The Morgan fingerprint density at radius 2 is 2.00 bits per heavy atom. The van der Waals surface area contributed by atoms with Crippen molar-refractivity contribution >= 4 is 5.97 Å². The molecule has 4 nitrogen and oxygen atoms in total. The van der Waals surface area contributed by atoms with E-state index >= 15 is 0 Å². The van der Waals surface area contributed by atoms with E-state index in [-0.39, 0.29) is 12.6 Å². The molecule has 2 N–H and O–H groups in total. The monoisotopic (exact) mass is 235 g/mol. The Morgan fingerprint density at radius 3 is 2.59 bits per heavy atom. The number of hydrogen-bond donors (Lipinski definition) is 2. The van der Waals surface area contributed by atoms with Crippen molar-refractivity contribution in [3.63, 3.8) is 0 Å². The lowest BCUT2D eigenvalue weighted by Crippen LogP contribution is -2.41. The smallest absolute Gasteiger partial charge is 0.320 e. The van der Waals surface area contributed by atoms with Gasteiger partial charge in [-0.1, -0.05) is 30.3 Å². The largest absolute Gasteiger partial charge is 0.480 e. The zero-order valence-corrected chi connectivity index (χ0v) is 9.62. The summed E-state index contributed by atoms with van der Waals surface area (Å²) in [6, 6.07) is 9.27. The zero-order valence-electron chi connectivity index (χ0n) is 9.62. The molecule has 0 aliphatic carbocycles. The molecule has 4 heteroatoms. The van der Waals surface area contributed by atoms with Crippen LogP contribution in [-0.2, 0) is 11.3 Å². The molecule has 0 radical (unpaired) electrons. The maximum Gasteiger partial charge on any atom is 0.320 e. The predicted molar refractivity (Wildman–Crippen MR) is 63.5 cm³/mol. The van der Waals surface area contributed by atoms with Crippen LogP contribution < -0.4 is 0 Å². The fourth-order valence-corrected chi connectivity index (χ4v) is 2.43. The van der Waals surface area contributed by atoms with Crippen molar-refractivity contribution in [2.24, 2.45) is 0 Å². The molecular weight excluding hydrogens is 218 g/mol. The number of likely N-dealkylation sites (tertiary alicyclic amines) is 1. The molecule has 1 aromatic rings. The predicted octanol–water partition coefficient (Wildman–Crippen LogP) is 1.10. The van der Waals surface area contributed by atoms with Gasteiger partial charge in [0.25, 0.3) is 0 Å². The summed E-state index contributed by atoms with van der Waals surface area (Å²) >= 11 is 0. The van der Waals surface area contributed by atoms with Gasteiger partial charge in [-0.3, -0.25) is 9.69 Å². The molecule has 1 fully saturated rings. The lowest BCUT2D eigenvalue weighted by Gasteiger charge is -2.26. The standard InChI is InChI=1S/C13H17NO3/c15-9-11-6-7-12(13(16)17)14(11)8-10-4-2-1-3-5-10/h1-5,11-12,15H,6-9H2,(H,16,17). The quantitative estimate of drug-likeness (QED) is 0.820. The molecule has 1 aromatic carbocycles. The normalized spacial score (nSPS) is 25.0. The number of aliphatic hydroxyl groups excluding tert-OH is 1. The van der Waals surface area contributed by atoms with Gasteiger partial charge in [-0.15, -0.1) is 0 Å². The van der Waals surface area contributed by atoms with Crippen LogP contribution >= 0.6 is 0 Å². The van der Waals surface area contributed by atoms with Crippen LogP contribution in [0.15, 0.2) is 30.3 Å². The van der Waals surface area contributed by atoms with Crippen LogP contribution in [0.1, 0.15) is 18.4 Å². The van der Waals surface area contributed by atoms with Gasteiger partial charge >= 0.3 is 5.97 Å². The van der Waals surface area contributed by atoms with Crippen LogP contribution in [0.2, 0.25) is 0 Å². The summed E-state index contributed by atoms with van der Waals surface area (Å²) in [5, 5.41) is 18.4. The van der Waals surface area contributed by atoms with Crippen LogP contribution in [0.4, 0.5) is 0 Å². The Balaban J connectivity index is 2.12. The minimum Gasteiger partial charge on any atom is -0.480 e. The van der Waals surface area contributed by atoms with Crippen LogP contribution in [-0.4, -0.2) is 39.8 Å². The summed E-state index contributed by atoms with van der Waals surface area (Å²) in [6.07, 6.45) is 1.37. The van der Waals surface area contributed by atoms with Crippen molar-refractivity contribution in [1.29, 1.82) is 0 Å². The van der Waals surface area contributed by atoms with Gasteiger partial charge in [-0.25, -0.2) is 0 Å². The number of aliphatic carboxylic acids is 1. The maximum atomic E-state index is 11.1. The molecule has 0 saturated carbocycles. The van der Waals surface area contributed by atoms with E-state index in [2.05, 4.69) is 0 Å². The molecule has 1 aliphatic heterocycles. The van der Waals surface area contributed by atoms with E-state index in [4.69, 9.17) is 5.11 Å². The third kappa shape index (κ3) is 2.65. The van der Waals surface area contributed by atoms with E-state index < -0.39 is 12.0 Å². The number of nitrogens with zero attached hydrogens (tertiary/aromatic N) is 1. The fraction of sp³-hybridized carbons (Fsp3) is 0.462. The first kappa shape index (κ1) is 12.1. The number of aliphatic hydroxyl groups is 1. The molecule has 0 bridgehead atoms. The van der Waals surface area contributed by atoms with Crippen molar-refractivity contribution in [1.82, 2.24) is 4.90 Å². The van der Waals surface area contributed by atoms with E-state index in [1.54, 1.807) is 0 Å². The fourth-order valence-electron chi connectivity index (χ4n) is 2.43. The molecule has 17 heavy (non-hydrogen) atoms. The van der Waals surface area contributed by atoms with Gasteiger partial charge in [-0.05, 0) is 18.4 Å². The highest BCUT2D eigenvalue weighted by Crippen LogP contribution is 2.26. The molecule has 92 valence electrons. The van der Waals surface area contributed by atoms with Crippen LogP contribution in [0.3, 0.4) is 0 Å². The minimum atomic E-state index is -0.795. The van der Waals surface area contributed by atoms with E-state index in [1.165, 1.54) is 0 Å². The molecule has 0 aromatic heterocycles. The molecule has 0 spiro atoms. The summed E-state index contributed by atoms with van der Waals surface area (Å²) in [4.78, 5) is 13.0. The van der Waals surface area contributed by atoms with Gasteiger partial charge in [0.15, 0.2) is 0 Å². The van der Waals surface area contributed by atoms with Gasteiger partial charge < -0.3 is 10.2 Å². The SMILES string of the molecule is O=C(O)C1CCC(CO)N1Cc1ccccc1. The van der Waals surface area contributed by atoms with E-state index in [1.807, 2.05) is 35.2 Å². The van der Waals surface area contributed by atoms with Gasteiger partial charge in [0.2, 0.25) is 0 Å². The highest BCUT2D eigenvalue weighted by Gasteiger charge is 2.37. The second kappa shape index (κ2) is 5.29. The lowest BCUT2D eigenvalue weighted by molar-refractivity contribution is -0.143. The molecule has 1 aliphatic rings. The van der Waals surface area contributed by atoms with Crippen molar-refractivity contribution in [3.05, 3.63) is 35.9 Å². The summed E-state index contributed by atoms with van der Waals surface area (Å²) in [5.74, 6) is -0.795. The number of rotatable bonds is 4. The molecule has 1 saturated heterocycles. The third-order valence-corrected chi connectivity index (χ3v) is 3.35. The second-order valence-corrected chi connectivity index (χ2v) is 4.43. The van der Waals surface area contributed by atoms with Crippen molar-refractivity contribution < 1.29 is 15.0 Å². The second-order valence-electron chi connectivity index (χ2n) is 4.43. The van der Waals surface area contributed by atoms with Crippen LogP contribution in [0.25, 0.3) is 0 Å². The molecule has 0 amide bonds. The van der Waals surface area contributed by atoms with Crippen LogP contribution in [0.5, 0.6) is 0 Å². The highest BCUT2D eigenvalue weighted by molar-refractivity contribution is 5.73. The Morgan fingerprint density at radius 1 is 1.29 bits per heavy atom. The molecule has 2 atom stereocenters. The van der Waals surface area contributed by atoms with Gasteiger partial charge in [0.1, 0.15) is 6.04 Å². The number of carboxylic acid groups (broad SMARTS) is 1. The van der Waals surface area contributed by atoms with E-state index in [9.17, 15) is 9.90 Å². The summed E-state index contributed by atoms with van der Waals surface area (Å²) in [7, 11) is 0. The Labute approximate surface area is 100 Å². The first-order valence-electron chi connectivity index (χ1n) is 5.85. The zero-order chi connectivity index (χ0) is 12.3. The third-order valence-electron chi connectivity index (χ3n) is 3.35. The Bertz CT molecular complexity index is 380. The van der Waals surface area contributed by atoms with Gasteiger partial charge in [-0.2, -0.15) is 0 Å². The number of carboxylic acids is 1. The molecule has 2 rings (SSSR count). The average molecular weight is 235 g/mol. The first-order valence-corrected chi connectivity index (χ1v) is 5.85. The Kier molecular flexibility index (Phi) is 3.76. The number of carbonyl (C=O) groups is 1. The van der Waals surface area contributed by atoms with Crippen LogP contribution in [0, 0.1) is 0 Å². The maximum absolute atomic E-state index is 11.1. The molecule has 1 heterocycles. The topological polar surface area (TPSA) is 60.8 Å². The lowest BCUT2D eigenvalue weighted by atomic mass is 10.2. The van der Waals surface area contributed by atoms with E-state index in [0.717, 1.165) is 12.0 Å². The molecular formula is C13H17NO3.